The summed E-state index contributed by atoms with van der Waals surface area (Å²) < 4.78 is 11.2. The Kier molecular flexibility index (Phi) is 49.7. The summed E-state index contributed by atoms with van der Waals surface area (Å²) >= 11 is 0. The molecule has 0 saturated heterocycles. The minimum Gasteiger partial charge on any atom is -0.457 e. The molecule has 0 aromatic rings. The molecule has 0 heterocycles. The molecule has 0 aromatic heterocycles. The highest BCUT2D eigenvalue weighted by molar-refractivity contribution is 5.69. The summed E-state index contributed by atoms with van der Waals surface area (Å²) in [7, 11) is 0. The molecular weight excluding hydrogens is 749 g/mol. The zero-order chi connectivity index (χ0) is 44.0. The van der Waals surface area contributed by atoms with Crippen molar-refractivity contribution in [2.75, 3.05) is 19.8 Å². The van der Waals surface area contributed by atoms with Gasteiger partial charge in [-0.05, 0) is 109 Å². The van der Waals surface area contributed by atoms with E-state index in [9.17, 15) is 9.90 Å². The highest BCUT2D eigenvalue weighted by atomic mass is 16.6. The summed E-state index contributed by atoms with van der Waals surface area (Å²) in [5.74, 6) is -0.221. The third-order valence-electron chi connectivity index (χ3n) is 9.97. The summed E-state index contributed by atoms with van der Waals surface area (Å²) in [4.78, 5) is 12.3. The van der Waals surface area contributed by atoms with Gasteiger partial charge in [0, 0.05) is 13.0 Å². The summed E-state index contributed by atoms with van der Waals surface area (Å²) in [6.07, 6.45) is 79.6. The molecule has 0 bridgehead atoms. The Bertz CT molecular complexity index is 1250. The van der Waals surface area contributed by atoms with Gasteiger partial charge in [-0.2, -0.15) is 0 Å². The van der Waals surface area contributed by atoms with Gasteiger partial charge in [-0.1, -0.05) is 212 Å². The van der Waals surface area contributed by atoms with Crippen molar-refractivity contribution in [1.82, 2.24) is 0 Å². The number of hydrogen-bond acceptors (Lipinski definition) is 4. The maximum atomic E-state index is 12.3. The molecule has 344 valence electrons. The van der Waals surface area contributed by atoms with Crippen molar-refractivity contribution in [2.45, 2.75) is 200 Å². The van der Waals surface area contributed by atoms with E-state index in [1.807, 2.05) is 0 Å². The molecule has 0 amide bonds. The van der Waals surface area contributed by atoms with Crippen LogP contribution in [0.15, 0.2) is 134 Å². The molecule has 61 heavy (non-hydrogen) atoms. The fraction of sp³-hybridized carbons (Fsp3) is 0.596. The highest BCUT2D eigenvalue weighted by Crippen LogP contribution is 2.13. The molecule has 0 aliphatic carbocycles. The summed E-state index contributed by atoms with van der Waals surface area (Å²) in [5, 5.41) is 9.65. The molecule has 1 atom stereocenters. The van der Waals surface area contributed by atoms with Crippen molar-refractivity contribution >= 4 is 5.97 Å². The lowest BCUT2D eigenvalue weighted by Gasteiger charge is -2.15. The molecule has 4 nitrogen and oxygen atoms in total. The predicted molar refractivity (Wildman–Crippen MR) is 269 cm³/mol. The minimum atomic E-state index is -0.562. The van der Waals surface area contributed by atoms with Crippen LogP contribution in [0.2, 0.25) is 0 Å². The third kappa shape index (κ3) is 50.8. The zero-order valence-corrected chi connectivity index (χ0v) is 39.4. The minimum absolute atomic E-state index is 0.193. The van der Waals surface area contributed by atoms with Gasteiger partial charge < -0.3 is 14.6 Å². The van der Waals surface area contributed by atoms with Crippen LogP contribution in [0.3, 0.4) is 0 Å². The van der Waals surface area contributed by atoms with Crippen LogP contribution in [0.5, 0.6) is 0 Å². The summed E-state index contributed by atoms with van der Waals surface area (Å²) in [6, 6.07) is 0. The second kappa shape index (κ2) is 52.7. The number of aliphatic hydroxyl groups excluding tert-OH is 1. The monoisotopic (exact) mass is 841 g/mol. The van der Waals surface area contributed by atoms with Crippen molar-refractivity contribution in [3.63, 3.8) is 0 Å². The van der Waals surface area contributed by atoms with Crippen molar-refractivity contribution < 1.29 is 19.4 Å². The number of rotatable bonds is 44. The average Bonchev–Trinajstić information content (AvgIpc) is 3.27. The number of aliphatic hydroxyl groups is 1. The van der Waals surface area contributed by atoms with Crippen LogP contribution in [0, 0.1) is 0 Å². The van der Waals surface area contributed by atoms with Gasteiger partial charge in [0.25, 0.3) is 0 Å². The molecule has 0 aliphatic rings. The van der Waals surface area contributed by atoms with E-state index in [0.29, 0.717) is 13.0 Å². The van der Waals surface area contributed by atoms with Crippen LogP contribution >= 0.6 is 0 Å². The summed E-state index contributed by atoms with van der Waals surface area (Å²) in [6.45, 7) is 5.04. The van der Waals surface area contributed by atoms with E-state index in [1.165, 1.54) is 70.6 Å². The van der Waals surface area contributed by atoms with Crippen molar-refractivity contribution in [2.24, 2.45) is 0 Å². The van der Waals surface area contributed by atoms with Gasteiger partial charge in [0.05, 0.1) is 13.2 Å². The van der Waals surface area contributed by atoms with Crippen LogP contribution in [-0.2, 0) is 14.3 Å². The Morgan fingerprint density at radius 3 is 1.03 bits per heavy atom. The van der Waals surface area contributed by atoms with Crippen LogP contribution < -0.4 is 0 Å². The van der Waals surface area contributed by atoms with Gasteiger partial charge in [-0.15, -0.1) is 0 Å². The molecule has 1 unspecified atom stereocenters. The molecule has 0 spiro atoms. The van der Waals surface area contributed by atoms with Crippen LogP contribution in [0.4, 0.5) is 0 Å². The standard InChI is InChI=1S/C57H92O4/c1-3-5-7-9-11-13-15-17-19-21-23-25-27-28-29-31-33-35-37-39-41-43-45-47-49-51-53-60-55-56(54-58)61-57(59)52-50-48-46-44-42-40-38-36-34-32-30-26-24-22-20-18-16-14-12-10-8-6-4-2/h5-8,11-14,17-20,23-26,28-29,33,35,39,41,56,58H,3-4,9-10,15-16,21-22,27,30-32,34,36-38,40,42-55H2,1-2H3/b7-5-,8-6-,13-11-,14-12-,19-17-,20-18-,25-23-,26-24-,29-28-,35-33-,41-39-. The van der Waals surface area contributed by atoms with E-state index in [4.69, 9.17) is 9.47 Å². The Hall–Kier alpha value is -3.47. The highest BCUT2D eigenvalue weighted by Gasteiger charge is 2.13. The van der Waals surface area contributed by atoms with E-state index in [0.717, 1.165) is 103 Å². The Morgan fingerprint density at radius 2 is 0.689 bits per heavy atom. The lowest BCUT2D eigenvalue weighted by atomic mass is 10.0. The van der Waals surface area contributed by atoms with Crippen molar-refractivity contribution in [3.8, 4) is 0 Å². The maximum Gasteiger partial charge on any atom is 0.306 e. The second-order valence-electron chi connectivity index (χ2n) is 15.8. The van der Waals surface area contributed by atoms with E-state index >= 15 is 0 Å². The number of unbranched alkanes of at least 4 members (excludes halogenated alkanes) is 14. The van der Waals surface area contributed by atoms with Crippen LogP contribution in [0.25, 0.3) is 0 Å². The van der Waals surface area contributed by atoms with Crippen LogP contribution in [-0.4, -0.2) is 37.0 Å². The van der Waals surface area contributed by atoms with Gasteiger partial charge in [0.2, 0.25) is 0 Å². The number of carbonyl (C=O) groups is 1. The molecular formula is C57H92O4. The van der Waals surface area contributed by atoms with Crippen molar-refractivity contribution in [1.29, 1.82) is 0 Å². The Morgan fingerprint density at radius 1 is 0.393 bits per heavy atom. The number of ether oxygens (including phenoxy) is 2. The quantitative estimate of drug-likeness (QED) is 0.0377. The second-order valence-corrected chi connectivity index (χ2v) is 15.8. The van der Waals surface area contributed by atoms with Crippen LogP contribution in [0.1, 0.15) is 194 Å². The third-order valence-corrected chi connectivity index (χ3v) is 9.97. The number of hydrogen-bond donors (Lipinski definition) is 1. The molecule has 0 aliphatic heterocycles. The van der Waals surface area contributed by atoms with Gasteiger partial charge in [-0.3, -0.25) is 4.79 Å². The topological polar surface area (TPSA) is 55.8 Å². The predicted octanol–water partition coefficient (Wildman–Crippen LogP) is 17.0. The Balaban J connectivity index is 3.56. The number of carbonyl (C=O) groups excluding carboxylic acids is 1. The first-order valence-corrected chi connectivity index (χ1v) is 24.8. The molecule has 0 radical (unpaired) electrons. The van der Waals surface area contributed by atoms with E-state index in [1.54, 1.807) is 0 Å². The first-order chi connectivity index (χ1) is 30.2. The molecule has 1 N–H and O–H groups in total. The summed E-state index contributed by atoms with van der Waals surface area (Å²) in [5.41, 5.74) is 0. The number of allylic oxidation sites excluding steroid dienone is 22. The van der Waals surface area contributed by atoms with Gasteiger partial charge >= 0.3 is 5.97 Å². The van der Waals surface area contributed by atoms with Gasteiger partial charge in [0.1, 0.15) is 6.10 Å². The van der Waals surface area contributed by atoms with Crippen molar-refractivity contribution in [3.05, 3.63) is 134 Å². The van der Waals surface area contributed by atoms with Gasteiger partial charge in [-0.25, -0.2) is 0 Å². The smallest absolute Gasteiger partial charge is 0.306 e. The van der Waals surface area contributed by atoms with E-state index < -0.39 is 6.10 Å². The normalized spacial score (nSPS) is 13.6. The Labute approximate surface area is 377 Å². The fourth-order valence-corrected chi connectivity index (χ4v) is 6.36. The SMILES string of the molecule is CC/C=C\C/C=C\C/C=C\C/C=C\C/C=C\C/C=C\C/C=C\CCCCCCOCC(CO)OC(=O)CCCCCCCCCCCC/C=C\C/C=C\C/C=C\C/C=C\CC. The van der Waals surface area contributed by atoms with E-state index in [2.05, 4.69) is 148 Å². The van der Waals surface area contributed by atoms with Gasteiger partial charge in [0.15, 0.2) is 0 Å². The average molecular weight is 841 g/mol. The first kappa shape index (κ1) is 57.5. The number of esters is 1. The molecule has 0 saturated carbocycles. The molecule has 0 aromatic carbocycles. The maximum absolute atomic E-state index is 12.3. The first-order valence-electron chi connectivity index (χ1n) is 24.8. The fourth-order valence-electron chi connectivity index (χ4n) is 6.36. The molecule has 0 rings (SSSR count). The van der Waals surface area contributed by atoms with E-state index in [-0.39, 0.29) is 19.2 Å². The lowest BCUT2D eigenvalue weighted by molar-refractivity contribution is -0.154. The largest absolute Gasteiger partial charge is 0.457 e. The molecule has 0 fully saturated rings. The molecule has 4 heteroatoms. The zero-order valence-electron chi connectivity index (χ0n) is 39.4. The lowest BCUT2D eigenvalue weighted by Crippen LogP contribution is -2.27.